The maximum atomic E-state index is 4.34. The average molecular weight is 254 g/mol. The van der Waals surface area contributed by atoms with E-state index < -0.39 is 0 Å². The molecule has 2 rings (SSSR count). The number of anilines is 1. The predicted octanol–water partition coefficient (Wildman–Crippen LogP) is 4.59. The molecule has 0 fully saturated rings. The SMILES string of the molecule is Cc1ccc(NC(CC(C)C)c2ccccc2)cn1. The summed E-state index contributed by atoms with van der Waals surface area (Å²) in [4.78, 5) is 4.34. The summed E-state index contributed by atoms with van der Waals surface area (Å²) < 4.78 is 0. The zero-order valence-corrected chi connectivity index (χ0v) is 11.9. The number of nitrogens with one attached hydrogen (secondary N) is 1. The highest BCUT2D eigenvalue weighted by Gasteiger charge is 2.13. The van der Waals surface area contributed by atoms with Gasteiger partial charge < -0.3 is 5.32 Å². The average Bonchev–Trinajstić information content (AvgIpc) is 2.41. The second-order valence-electron chi connectivity index (χ2n) is 5.43. The first-order valence-corrected chi connectivity index (χ1v) is 6.89. The van der Waals surface area contributed by atoms with Crippen LogP contribution in [0.25, 0.3) is 0 Å². The molecule has 19 heavy (non-hydrogen) atoms. The minimum Gasteiger partial charge on any atom is -0.377 e. The molecule has 1 aromatic heterocycles. The van der Waals surface area contributed by atoms with Crippen molar-refractivity contribution in [3.8, 4) is 0 Å². The Bertz CT molecular complexity index is 488. The maximum Gasteiger partial charge on any atom is 0.0531 e. The van der Waals surface area contributed by atoms with E-state index in [0.29, 0.717) is 12.0 Å². The van der Waals surface area contributed by atoms with Crippen LogP contribution in [0.2, 0.25) is 0 Å². The second-order valence-corrected chi connectivity index (χ2v) is 5.43. The van der Waals surface area contributed by atoms with E-state index in [1.165, 1.54) is 5.56 Å². The van der Waals surface area contributed by atoms with Gasteiger partial charge in [-0.2, -0.15) is 0 Å². The molecule has 0 aliphatic carbocycles. The number of aryl methyl sites for hydroxylation is 1. The van der Waals surface area contributed by atoms with Crippen molar-refractivity contribution >= 4 is 5.69 Å². The zero-order valence-electron chi connectivity index (χ0n) is 11.9. The van der Waals surface area contributed by atoms with Crippen molar-refractivity contribution in [2.45, 2.75) is 33.2 Å². The normalized spacial score (nSPS) is 12.4. The Kier molecular flexibility index (Phi) is 4.56. The van der Waals surface area contributed by atoms with Crippen LogP contribution in [-0.2, 0) is 0 Å². The van der Waals surface area contributed by atoms with E-state index in [2.05, 4.69) is 60.5 Å². The molecule has 2 heteroatoms. The van der Waals surface area contributed by atoms with Crippen LogP contribution in [-0.4, -0.2) is 4.98 Å². The Morgan fingerprint density at radius 1 is 1.05 bits per heavy atom. The van der Waals surface area contributed by atoms with E-state index in [1.54, 1.807) is 0 Å². The van der Waals surface area contributed by atoms with Gasteiger partial charge in [0.1, 0.15) is 0 Å². The minimum atomic E-state index is 0.339. The first-order chi connectivity index (χ1) is 9.15. The summed E-state index contributed by atoms with van der Waals surface area (Å²) in [5.41, 5.74) is 3.46. The summed E-state index contributed by atoms with van der Waals surface area (Å²) in [6, 6.07) is 15.1. The maximum absolute atomic E-state index is 4.34. The fraction of sp³-hybridized carbons (Fsp3) is 0.353. The van der Waals surface area contributed by atoms with Crippen molar-refractivity contribution < 1.29 is 0 Å². The van der Waals surface area contributed by atoms with Crippen LogP contribution in [0.1, 0.15) is 37.6 Å². The summed E-state index contributed by atoms with van der Waals surface area (Å²) in [5.74, 6) is 0.649. The molecule has 0 aliphatic rings. The number of benzene rings is 1. The smallest absolute Gasteiger partial charge is 0.0531 e. The molecular weight excluding hydrogens is 232 g/mol. The molecule has 100 valence electrons. The lowest BCUT2D eigenvalue weighted by Gasteiger charge is -2.22. The Labute approximate surface area is 115 Å². The molecule has 0 amide bonds. The van der Waals surface area contributed by atoms with Crippen LogP contribution in [0.5, 0.6) is 0 Å². The van der Waals surface area contributed by atoms with E-state index >= 15 is 0 Å². The standard InChI is InChI=1S/C17H22N2/c1-13(2)11-17(15-7-5-4-6-8-15)19-16-10-9-14(3)18-12-16/h4-10,12-13,17,19H,11H2,1-3H3. The highest BCUT2D eigenvalue weighted by atomic mass is 14.9. The van der Waals surface area contributed by atoms with Crippen molar-refractivity contribution in [1.82, 2.24) is 4.98 Å². The van der Waals surface area contributed by atoms with Gasteiger partial charge in [0, 0.05) is 5.69 Å². The molecule has 2 aromatic rings. The van der Waals surface area contributed by atoms with E-state index in [-0.39, 0.29) is 0 Å². The van der Waals surface area contributed by atoms with E-state index in [9.17, 15) is 0 Å². The van der Waals surface area contributed by atoms with Crippen molar-refractivity contribution in [3.63, 3.8) is 0 Å². The predicted molar refractivity (Wildman–Crippen MR) is 81.2 cm³/mol. The molecular formula is C17H22N2. The topological polar surface area (TPSA) is 24.9 Å². The summed E-state index contributed by atoms with van der Waals surface area (Å²) in [6.45, 7) is 6.52. The lowest BCUT2D eigenvalue weighted by Crippen LogP contribution is -2.13. The van der Waals surface area contributed by atoms with Gasteiger partial charge in [-0.15, -0.1) is 0 Å². The number of nitrogens with zero attached hydrogens (tertiary/aromatic N) is 1. The van der Waals surface area contributed by atoms with Crippen LogP contribution in [0.15, 0.2) is 48.7 Å². The third kappa shape index (κ3) is 4.09. The van der Waals surface area contributed by atoms with Crippen LogP contribution < -0.4 is 5.32 Å². The number of hydrogen-bond donors (Lipinski definition) is 1. The van der Waals surface area contributed by atoms with Gasteiger partial charge in [0.05, 0.1) is 17.9 Å². The molecule has 0 saturated carbocycles. The first kappa shape index (κ1) is 13.6. The van der Waals surface area contributed by atoms with E-state index in [1.807, 2.05) is 19.2 Å². The van der Waals surface area contributed by atoms with E-state index in [4.69, 9.17) is 0 Å². The number of hydrogen-bond acceptors (Lipinski definition) is 2. The minimum absolute atomic E-state index is 0.339. The highest BCUT2D eigenvalue weighted by Crippen LogP contribution is 2.25. The number of pyridine rings is 1. The monoisotopic (exact) mass is 254 g/mol. The molecule has 0 spiro atoms. The third-order valence-electron chi connectivity index (χ3n) is 3.16. The molecule has 2 nitrogen and oxygen atoms in total. The Balaban J connectivity index is 2.16. The molecule has 1 aromatic carbocycles. The van der Waals surface area contributed by atoms with Crippen LogP contribution in [0, 0.1) is 12.8 Å². The van der Waals surface area contributed by atoms with Gasteiger partial charge in [-0.3, -0.25) is 4.98 Å². The molecule has 0 aliphatic heterocycles. The number of aromatic nitrogens is 1. The highest BCUT2D eigenvalue weighted by molar-refractivity contribution is 5.43. The summed E-state index contributed by atoms with van der Waals surface area (Å²) in [6.07, 6.45) is 3.02. The molecule has 1 N–H and O–H groups in total. The molecule has 0 radical (unpaired) electrons. The Hall–Kier alpha value is -1.83. The van der Waals surface area contributed by atoms with Gasteiger partial charge in [-0.05, 0) is 37.0 Å². The zero-order chi connectivity index (χ0) is 13.7. The fourth-order valence-corrected chi connectivity index (χ4v) is 2.19. The fourth-order valence-electron chi connectivity index (χ4n) is 2.19. The van der Waals surface area contributed by atoms with Crippen LogP contribution >= 0.6 is 0 Å². The Morgan fingerprint density at radius 3 is 2.37 bits per heavy atom. The van der Waals surface area contributed by atoms with Crippen molar-refractivity contribution in [1.29, 1.82) is 0 Å². The Morgan fingerprint density at radius 2 is 1.79 bits per heavy atom. The molecule has 0 saturated heterocycles. The summed E-state index contributed by atoms with van der Waals surface area (Å²) in [7, 11) is 0. The summed E-state index contributed by atoms with van der Waals surface area (Å²) >= 11 is 0. The van der Waals surface area contributed by atoms with Crippen molar-refractivity contribution in [2.24, 2.45) is 5.92 Å². The quantitative estimate of drug-likeness (QED) is 0.844. The number of rotatable bonds is 5. The van der Waals surface area contributed by atoms with E-state index in [0.717, 1.165) is 17.8 Å². The van der Waals surface area contributed by atoms with Gasteiger partial charge in [0.2, 0.25) is 0 Å². The lowest BCUT2D eigenvalue weighted by atomic mass is 9.97. The van der Waals surface area contributed by atoms with Crippen LogP contribution in [0.3, 0.4) is 0 Å². The van der Waals surface area contributed by atoms with Gasteiger partial charge in [0.15, 0.2) is 0 Å². The largest absolute Gasteiger partial charge is 0.377 e. The summed E-state index contributed by atoms with van der Waals surface area (Å²) in [5, 5.41) is 3.59. The molecule has 1 unspecified atom stereocenters. The lowest BCUT2D eigenvalue weighted by molar-refractivity contribution is 0.531. The van der Waals surface area contributed by atoms with Crippen molar-refractivity contribution in [2.75, 3.05) is 5.32 Å². The van der Waals surface area contributed by atoms with Gasteiger partial charge in [-0.1, -0.05) is 44.2 Å². The third-order valence-corrected chi connectivity index (χ3v) is 3.16. The first-order valence-electron chi connectivity index (χ1n) is 6.89. The molecule has 1 atom stereocenters. The van der Waals surface area contributed by atoms with Gasteiger partial charge in [-0.25, -0.2) is 0 Å². The van der Waals surface area contributed by atoms with Gasteiger partial charge >= 0.3 is 0 Å². The van der Waals surface area contributed by atoms with Crippen LogP contribution in [0.4, 0.5) is 5.69 Å². The molecule has 0 bridgehead atoms. The molecule has 1 heterocycles. The van der Waals surface area contributed by atoms with Crippen molar-refractivity contribution in [3.05, 3.63) is 59.9 Å². The second kappa shape index (κ2) is 6.37. The van der Waals surface area contributed by atoms with Gasteiger partial charge in [0.25, 0.3) is 0 Å².